The molecular formula is C29H33FN2O. The summed E-state index contributed by atoms with van der Waals surface area (Å²) in [5.74, 6) is 0.323. The van der Waals surface area contributed by atoms with Crippen LogP contribution < -0.4 is 0 Å². The van der Waals surface area contributed by atoms with Gasteiger partial charge in [0.1, 0.15) is 5.82 Å². The van der Waals surface area contributed by atoms with Crippen LogP contribution in [0.25, 0.3) is 0 Å². The fraction of sp³-hybridized carbons (Fsp3) is 0.345. The van der Waals surface area contributed by atoms with Crippen LogP contribution in [0.15, 0.2) is 78.9 Å². The second-order valence-electron chi connectivity index (χ2n) is 9.46. The maximum Gasteiger partial charge on any atom is 0.254 e. The minimum Gasteiger partial charge on any atom is -0.336 e. The Bertz CT molecular complexity index is 1060. The Kier molecular flexibility index (Phi) is 7.24. The molecule has 2 unspecified atom stereocenters. The van der Waals surface area contributed by atoms with Crippen molar-refractivity contribution >= 4 is 5.91 Å². The molecule has 4 rings (SSSR count). The smallest absolute Gasteiger partial charge is 0.254 e. The average Bonchev–Trinajstić information content (AvgIpc) is 3.20. The fourth-order valence-corrected chi connectivity index (χ4v) is 5.01. The molecule has 3 aromatic carbocycles. The second kappa shape index (κ2) is 10.3. The first-order valence-electron chi connectivity index (χ1n) is 11.8. The Balaban J connectivity index is 1.59. The highest BCUT2D eigenvalue weighted by atomic mass is 19.1. The molecule has 1 saturated heterocycles. The van der Waals surface area contributed by atoms with E-state index in [-0.39, 0.29) is 17.8 Å². The van der Waals surface area contributed by atoms with Gasteiger partial charge in [-0.15, -0.1) is 0 Å². The van der Waals surface area contributed by atoms with Crippen molar-refractivity contribution in [1.29, 1.82) is 0 Å². The standard InChI is InChI=1S/C29H33FN2O/c1-21(2)32(29(33)24-13-15-26(30)16-14-24)19-25-18-31(17-23-10-5-4-6-11-23)20-28(25)27-12-8-7-9-22(27)3/h4-16,21,25,28H,17-20H2,1-3H3. The number of nitrogens with zero attached hydrogens (tertiary/aromatic N) is 2. The number of carbonyl (C=O) groups is 1. The number of amides is 1. The molecule has 0 aromatic heterocycles. The van der Waals surface area contributed by atoms with Gasteiger partial charge < -0.3 is 4.90 Å². The molecule has 3 nitrogen and oxygen atoms in total. The van der Waals surface area contributed by atoms with E-state index < -0.39 is 0 Å². The zero-order chi connectivity index (χ0) is 23.4. The maximum absolute atomic E-state index is 13.4. The highest BCUT2D eigenvalue weighted by molar-refractivity contribution is 5.94. The van der Waals surface area contributed by atoms with E-state index in [1.165, 1.54) is 28.8 Å². The number of aryl methyl sites for hydroxylation is 1. The zero-order valence-corrected chi connectivity index (χ0v) is 19.7. The van der Waals surface area contributed by atoms with Crippen molar-refractivity contribution < 1.29 is 9.18 Å². The SMILES string of the molecule is Cc1ccccc1C1CN(Cc2ccccc2)CC1CN(C(=O)c1ccc(F)cc1)C(C)C. The number of benzene rings is 3. The van der Waals surface area contributed by atoms with Gasteiger partial charge in [-0.2, -0.15) is 0 Å². The predicted octanol–water partition coefficient (Wildman–Crippen LogP) is 5.90. The van der Waals surface area contributed by atoms with Gasteiger partial charge in [0, 0.05) is 43.7 Å². The van der Waals surface area contributed by atoms with Crippen LogP contribution >= 0.6 is 0 Å². The average molecular weight is 445 g/mol. The number of likely N-dealkylation sites (tertiary alicyclic amines) is 1. The molecule has 0 N–H and O–H groups in total. The quantitative estimate of drug-likeness (QED) is 0.453. The lowest BCUT2D eigenvalue weighted by Gasteiger charge is -2.32. The number of rotatable bonds is 7. The maximum atomic E-state index is 13.4. The molecular weight excluding hydrogens is 411 g/mol. The lowest BCUT2D eigenvalue weighted by Crippen LogP contribution is -2.42. The predicted molar refractivity (Wildman–Crippen MR) is 132 cm³/mol. The van der Waals surface area contributed by atoms with Crippen molar-refractivity contribution in [2.24, 2.45) is 5.92 Å². The van der Waals surface area contributed by atoms with Gasteiger partial charge in [-0.25, -0.2) is 4.39 Å². The summed E-state index contributed by atoms with van der Waals surface area (Å²) in [6, 6.07) is 25.1. The third kappa shape index (κ3) is 5.51. The summed E-state index contributed by atoms with van der Waals surface area (Å²) in [7, 11) is 0. The summed E-state index contributed by atoms with van der Waals surface area (Å²) in [5.41, 5.74) is 4.52. The lowest BCUT2D eigenvalue weighted by molar-refractivity contribution is 0.0668. The molecule has 1 aliphatic rings. The van der Waals surface area contributed by atoms with Crippen molar-refractivity contribution in [3.63, 3.8) is 0 Å². The molecule has 3 aromatic rings. The van der Waals surface area contributed by atoms with E-state index in [0.29, 0.717) is 23.9 Å². The van der Waals surface area contributed by atoms with Gasteiger partial charge in [-0.1, -0.05) is 54.6 Å². The Labute approximate surface area is 196 Å². The summed E-state index contributed by atoms with van der Waals surface area (Å²) in [5, 5.41) is 0. The van der Waals surface area contributed by atoms with Crippen LogP contribution in [0.5, 0.6) is 0 Å². The van der Waals surface area contributed by atoms with E-state index in [0.717, 1.165) is 19.6 Å². The number of halogens is 1. The minimum absolute atomic E-state index is 0.0324. The molecule has 0 bridgehead atoms. The molecule has 0 spiro atoms. The van der Waals surface area contributed by atoms with Crippen LogP contribution in [-0.4, -0.2) is 41.4 Å². The van der Waals surface area contributed by atoms with E-state index in [2.05, 4.69) is 74.2 Å². The molecule has 1 fully saturated rings. The van der Waals surface area contributed by atoms with E-state index in [9.17, 15) is 9.18 Å². The first-order valence-corrected chi connectivity index (χ1v) is 11.8. The minimum atomic E-state index is -0.324. The Morgan fingerprint density at radius 3 is 2.30 bits per heavy atom. The molecule has 172 valence electrons. The first kappa shape index (κ1) is 23.2. The molecule has 1 heterocycles. The van der Waals surface area contributed by atoms with Gasteiger partial charge in [0.05, 0.1) is 0 Å². The van der Waals surface area contributed by atoms with E-state index >= 15 is 0 Å². The van der Waals surface area contributed by atoms with Crippen LogP contribution in [0.4, 0.5) is 4.39 Å². The molecule has 2 atom stereocenters. The summed E-state index contributed by atoms with van der Waals surface area (Å²) in [6.45, 7) is 9.79. The molecule has 0 radical (unpaired) electrons. The van der Waals surface area contributed by atoms with Crippen LogP contribution in [0.1, 0.15) is 46.8 Å². The Morgan fingerprint density at radius 1 is 0.970 bits per heavy atom. The van der Waals surface area contributed by atoms with E-state index in [1.54, 1.807) is 12.1 Å². The molecule has 0 aliphatic carbocycles. The lowest BCUT2D eigenvalue weighted by atomic mass is 9.86. The molecule has 33 heavy (non-hydrogen) atoms. The topological polar surface area (TPSA) is 23.6 Å². The zero-order valence-electron chi connectivity index (χ0n) is 19.7. The molecule has 1 aliphatic heterocycles. The van der Waals surface area contributed by atoms with Gasteiger partial charge in [0.2, 0.25) is 0 Å². The van der Waals surface area contributed by atoms with E-state index in [1.807, 2.05) is 11.0 Å². The van der Waals surface area contributed by atoms with Crippen molar-refractivity contribution in [2.75, 3.05) is 19.6 Å². The summed E-state index contributed by atoms with van der Waals surface area (Å²) < 4.78 is 13.4. The van der Waals surface area contributed by atoms with Crippen molar-refractivity contribution in [3.05, 3.63) is 107 Å². The third-order valence-electron chi connectivity index (χ3n) is 6.76. The van der Waals surface area contributed by atoms with Crippen molar-refractivity contribution in [1.82, 2.24) is 9.80 Å². The Morgan fingerprint density at radius 2 is 1.64 bits per heavy atom. The monoisotopic (exact) mass is 444 g/mol. The highest BCUT2D eigenvalue weighted by Gasteiger charge is 2.37. The van der Waals surface area contributed by atoms with Crippen LogP contribution in [0.2, 0.25) is 0 Å². The highest BCUT2D eigenvalue weighted by Crippen LogP contribution is 2.36. The Hall–Kier alpha value is -2.98. The van der Waals surface area contributed by atoms with Crippen molar-refractivity contribution in [3.8, 4) is 0 Å². The number of hydrogen-bond donors (Lipinski definition) is 0. The normalized spacial score (nSPS) is 18.6. The van der Waals surface area contributed by atoms with Crippen LogP contribution in [-0.2, 0) is 6.54 Å². The number of carbonyl (C=O) groups excluding carboxylic acids is 1. The second-order valence-corrected chi connectivity index (χ2v) is 9.46. The molecule has 0 saturated carbocycles. The fourth-order valence-electron chi connectivity index (χ4n) is 5.01. The van der Waals surface area contributed by atoms with Gasteiger partial charge in [0.25, 0.3) is 5.91 Å². The summed E-state index contributed by atoms with van der Waals surface area (Å²) in [6.07, 6.45) is 0. The molecule has 4 heteroatoms. The van der Waals surface area contributed by atoms with Gasteiger partial charge in [-0.3, -0.25) is 9.69 Å². The summed E-state index contributed by atoms with van der Waals surface area (Å²) >= 11 is 0. The number of hydrogen-bond acceptors (Lipinski definition) is 2. The van der Waals surface area contributed by atoms with Crippen LogP contribution in [0.3, 0.4) is 0 Å². The van der Waals surface area contributed by atoms with E-state index in [4.69, 9.17) is 0 Å². The molecule has 1 amide bonds. The van der Waals surface area contributed by atoms with Gasteiger partial charge in [-0.05, 0) is 67.6 Å². The summed E-state index contributed by atoms with van der Waals surface area (Å²) in [4.78, 5) is 17.8. The first-order chi connectivity index (χ1) is 15.9. The third-order valence-corrected chi connectivity index (χ3v) is 6.76. The van der Waals surface area contributed by atoms with Gasteiger partial charge >= 0.3 is 0 Å². The van der Waals surface area contributed by atoms with Crippen LogP contribution in [0, 0.1) is 18.7 Å². The van der Waals surface area contributed by atoms with Crippen molar-refractivity contribution in [2.45, 2.75) is 39.3 Å². The largest absolute Gasteiger partial charge is 0.336 e. The van der Waals surface area contributed by atoms with Gasteiger partial charge in [0.15, 0.2) is 0 Å².